The van der Waals surface area contributed by atoms with Gasteiger partial charge >= 0.3 is 0 Å². The highest BCUT2D eigenvalue weighted by Crippen LogP contribution is 2.32. The number of hydrogen-bond acceptors (Lipinski definition) is 5. The van der Waals surface area contributed by atoms with Crippen molar-refractivity contribution in [2.24, 2.45) is 0 Å². The number of benzene rings is 1. The van der Waals surface area contributed by atoms with Crippen LogP contribution in [-0.4, -0.2) is 20.5 Å². The fourth-order valence-corrected chi connectivity index (χ4v) is 3.84. The number of rotatable bonds is 5. The molecule has 3 aromatic rings. The van der Waals surface area contributed by atoms with E-state index in [9.17, 15) is 8.42 Å². The number of pyridine rings is 1. The Morgan fingerprint density at radius 2 is 2.04 bits per heavy atom. The Hall–Kier alpha value is -2.60. The zero-order valence-corrected chi connectivity index (χ0v) is 13.3. The van der Waals surface area contributed by atoms with Crippen molar-refractivity contribution in [3.63, 3.8) is 0 Å². The van der Waals surface area contributed by atoms with Gasteiger partial charge in [0.05, 0.1) is 25.4 Å². The Balaban J connectivity index is 2.04. The molecule has 2 aromatic heterocycles. The molecule has 0 saturated heterocycles. The highest BCUT2D eigenvalue weighted by molar-refractivity contribution is 7.90. The van der Waals surface area contributed by atoms with Crippen LogP contribution in [0.1, 0.15) is 5.56 Å². The molecule has 0 unspecified atom stereocenters. The molecular formula is C17H15NO4S. The van der Waals surface area contributed by atoms with Gasteiger partial charge in [-0.1, -0.05) is 12.1 Å². The SMILES string of the molecule is COc1ccc(-c2ccoc2)cc1S(=O)(=O)Cc1cccnc1. The van der Waals surface area contributed by atoms with Crippen LogP contribution >= 0.6 is 0 Å². The summed E-state index contributed by atoms with van der Waals surface area (Å²) in [7, 11) is -2.11. The molecule has 0 aliphatic rings. The maximum Gasteiger partial charge on any atom is 0.186 e. The van der Waals surface area contributed by atoms with Crippen molar-refractivity contribution in [2.45, 2.75) is 10.6 Å². The molecule has 6 heteroatoms. The summed E-state index contributed by atoms with van der Waals surface area (Å²) in [5.74, 6) is 0.188. The molecule has 0 bridgehead atoms. The molecule has 118 valence electrons. The standard InChI is InChI=1S/C17H15NO4S/c1-21-16-5-4-14(15-6-8-22-11-15)9-17(16)23(19,20)12-13-3-2-7-18-10-13/h2-11H,12H2,1H3. The maximum absolute atomic E-state index is 12.8. The Kier molecular flexibility index (Phi) is 4.16. The summed E-state index contributed by atoms with van der Waals surface area (Å²) in [5, 5.41) is 0. The zero-order chi connectivity index (χ0) is 16.3. The number of ether oxygens (including phenoxy) is 1. The minimum atomic E-state index is -3.57. The third-order valence-corrected chi connectivity index (χ3v) is 5.14. The van der Waals surface area contributed by atoms with Crippen molar-refractivity contribution < 1.29 is 17.6 Å². The van der Waals surface area contributed by atoms with E-state index < -0.39 is 9.84 Å². The lowest BCUT2D eigenvalue weighted by molar-refractivity contribution is 0.403. The molecule has 0 atom stereocenters. The molecule has 0 fully saturated rings. The van der Waals surface area contributed by atoms with Crippen LogP contribution in [0.15, 0.2) is 70.6 Å². The van der Waals surface area contributed by atoms with Crippen LogP contribution in [0.4, 0.5) is 0 Å². The average Bonchev–Trinajstić information content (AvgIpc) is 3.09. The Bertz CT molecular complexity index is 888. The molecule has 23 heavy (non-hydrogen) atoms. The first-order chi connectivity index (χ1) is 11.1. The first kappa shape index (κ1) is 15.3. The third kappa shape index (κ3) is 3.27. The molecular weight excluding hydrogens is 314 g/mol. The minimum absolute atomic E-state index is 0.133. The van der Waals surface area contributed by atoms with Gasteiger partial charge in [0.2, 0.25) is 0 Å². The van der Waals surface area contributed by atoms with Crippen LogP contribution in [0.25, 0.3) is 11.1 Å². The van der Waals surface area contributed by atoms with Crippen molar-refractivity contribution >= 4 is 9.84 Å². The molecule has 0 saturated carbocycles. The number of furan rings is 1. The summed E-state index contributed by atoms with van der Waals surface area (Å²) in [6, 6.07) is 10.3. The lowest BCUT2D eigenvalue weighted by Crippen LogP contribution is -2.07. The maximum atomic E-state index is 12.8. The Morgan fingerprint density at radius 1 is 1.17 bits per heavy atom. The van der Waals surface area contributed by atoms with Gasteiger partial charge in [0.15, 0.2) is 9.84 Å². The van der Waals surface area contributed by atoms with Crippen LogP contribution in [0.5, 0.6) is 5.75 Å². The Morgan fingerprint density at radius 3 is 2.70 bits per heavy atom. The van der Waals surface area contributed by atoms with E-state index in [0.29, 0.717) is 11.3 Å². The summed E-state index contributed by atoms with van der Waals surface area (Å²) >= 11 is 0. The molecule has 5 nitrogen and oxygen atoms in total. The summed E-state index contributed by atoms with van der Waals surface area (Å²) in [6.45, 7) is 0. The second-order valence-corrected chi connectivity index (χ2v) is 6.96. The topological polar surface area (TPSA) is 69.4 Å². The summed E-state index contributed by atoms with van der Waals surface area (Å²) in [5.41, 5.74) is 2.19. The van der Waals surface area contributed by atoms with Gasteiger partial charge in [-0.2, -0.15) is 0 Å². The first-order valence-corrected chi connectivity index (χ1v) is 8.57. The van der Waals surface area contributed by atoms with Crippen LogP contribution in [0.3, 0.4) is 0 Å². The minimum Gasteiger partial charge on any atom is -0.495 e. The summed E-state index contributed by atoms with van der Waals surface area (Å²) in [6.07, 6.45) is 6.27. The van der Waals surface area contributed by atoms with Crippen LogP contribution in [0.2, 0.25) is 0 Å². The lowest BCUT2D eigenvalue weighted by Gasteiger charge is -2.11. The highest BCUT2D eigenvalue weighted by atomic mass is 32.2. The van der Waals surface area contributed by atoms with E-state index in [1.54, 1.807) is 61.3 Å². The van der Waals surface area contributed by atoms with Gasteiger partial charge in [0, 0.05) is 18.0 Å². The molecule has 3 rings (SSSR count). The van der Waals surface area contributed by atoms with Gasteiger partial charge < -0.3 is 9.15 Å². The fraction of sp³-hybridized carbons (Fsp3) is 0.118. The molecule has 0 radical (unpaired) electrons. The van der Waals surface area contributed by atoms with E-state index >= 15 is 0 Å². The van der Waals surface area contributed by atoms with Crippen molar-refractivity contribution in [2.75, 3.05) is 7.11 Å². The normalized spacial score (nSPS) is 11.3. The molecule has 0 aliphatic carbocycles. The summed E-state index contributed by atoms with van der Waals surface area (Å²) < 4.78 is 35.8. The first-order valence-electron chi connectivity index (χ1n) is 6.92. The van der Waals surface area contributed by atoms with Gasteiger partial charge in [-0.3, -0.25) is 4.98 Å². The fourth-order valence-electron chi connectivity index (χ4n) is 2.31. The average molecular weight is 329 g/mol. The van der Waals surface area contributed by atoms with E-state index in [1.807, 2.05) is 0 Å². The molecule has 1 aromatic carbocycles. The zero-order valence-electron chi connectivity index (χ0n) is 12.5. The number of nitrogens with zero attached hydrogens (tertiary/aromatic N) is 1. The van der Waals surface area contributed by atoms with Crippen molar-refractivity contribution in [3.05, 3.63) is 66.9 Å². The van der Waals surface area contributed by atoms with E-state index in [1.165, 1.54) is 7.11 Å². The second kappa shape index (κ2) is 6.26. The summed E-state index contributed by atoms with van der Waals surface area (Å²) in [4.78, 5) is 4.11. The van der Waals surface area contributed by atoms with E-state index in [-0.39, 0.29) is 10.6 Å². The number of methoxy groups -OCH3 is 1. The second-order valence-electron chi connectivity index (χ2n) is 5.00. The number of aromatic nitrogens is 1. The van der Waals surface area contributed by atoms with Crippen LogP contribution < -0.4 is 4.74 Å². The Labute approximate surface area is 134 Å². The predicted molar refractivity (Wildman–Crippen MR) is 85.8 cm³/mol. The smallest absolute Gasteiger partial charge is 0.186 e. The van der Waals surface area contributed by atoms with Crippen molar-refractivity contribution in [1.29, 1.82) is 0 Å². The monoisotopic (exact) mass is 329 g/mol. The van der Waals surface area contributed by atoms with Crippen molar-refractivity contribution in [1.82, 2.24) is 4.98 Å². The van der Waals surface area contributed by atoms with Crippen LogP contribution in [0, 0.1) is 0 Å². The highest BCUT2D eigenvalue weighted by Gasteiger charge is 2.21. The quantitative estimate of drug-likeness (QED) is 0.718. The van der Waals surface area contributed by atoms with E-state index in [0.717, 1.165) is 11.1 Å². The third-order valence-electron chi connectivity index (χ3n) is 3.43. The molecule has 2 heterocycles. The van der Waals surface area contributed by atoms with Gasteiger partial charge in [0.25, 0.3) is 0 Å². The molecule has 0 aliphatic heterocycles. The van der Waals surface area contributed by atoms with Gasteiger partial charge in [-0.05, 0) is 35.4 Å². The number of sulfone groups is 1. The van der Waals surface area contributed by atoms with Crippen molar-refractivity contribution in [3.8, 4) is 16.9 Å². The van der Waals surface area contributed by atoms with Crippen LogP contribution in [-0.2, 0) is 15.6 Å². The lowest BCUT2D eigenvalue weighted by atomic mass is 10.1. The predicted octanol–water partition coefficient (Wildman–Crippen LogP) is 3.32. The van der Waals surface area contributed by atoms with E-state index in [2.05, 4.69) is 4.98 Å². The van der Waals surface area contributed by atoms with Gasteiger partial charge in [-0.25, -0.2) is 8.42 Å². The number of hydrogen-bond donors (Lipinski definition) is 0. The largest absolute Gasteiger partial charge is 0.495 e. The molecule has 0 amide bonds. The van der Waals surface area contributed by atoms with Gasteiger partial charge in [-0.15, -0.1) is 0 Å². The van der Waals surface area contributed by atoms with E-state index in [4.69, 9.17) is 9.15 Å². The molecule has 0 spiro atoms. The van der Waals surface area contributed by atoms with Gasteiger partial charge in [0.1, 0.15) is 10.6 Å². The molecule has 0 N–H and O–H groups in total.